The fourth-order valence-corrected chi connectivity index (χ4v) is 4.45. The van der Waals surface area contributed by atoms with E-state index in [1.54, 1.807) is 11.3 Å². The molecule has 0 spiro atoms. The second-order valence-electron chi connectivity index (χ2n) is 7.47. The first-order chi connectivity index (χ1) is 13.8. The summed E-state index contributed by atoms with van der Waals surface area (Å²) in [5, 5.41) is 10.5. The minimum atomic E-state index is 0.00101. The monoisotopic (exact) mass is 430 g/mol. The highest BCUT2D eigenvalue weighted by molar-refractivity contribution is 7.10. The highest BCUT2D eigenvalue weighted by Gasteiger charge is 2.19. The van der Waals surface area contributed by atoms with E-state index in [2.05, 4.69) is 26.8 Å². The molecular weight excluding hydrogens is 404 g/mol. The number of nitrogens with one attached hydrogen (secondary N) is 1. The zero-order chi connectivity index (χ0) is 21.1. The summed E-state index contributed by atoms with van der Waals surface area (Å²) in [4.78, 5) is 16.0. The number of nitrogens with zero attached hydrogens (tertiary/aromatic N) is 3. The van der Waals surface area contributed by atoms with Crippen molar-refractivity contribution in [2.45, 2.75) is 33.2 Å². The Morgan fingerprint density at radius 2 is 2.03 bits per heavy atom. The minimum absolute atomic E-state index is 0.00101. The van der Waals surface area contributed by atoms with Crippen molar-refractivity contribution in [3.8, 4) is 5.69 Å². The van der Waals surface area contributed by atoms with E-state index in [-0.39, 0.29) is 11.9 Å². The molecule has 1 amide bonds. The lowest BCUT2D eigenvalue weighted by Crippen LogP contribution is -2.35. The van der Waals surface area contributed by atoms with Gasteiger partial charge >= 0.3 is 0 Å². The zero-order valence-electron chi connectivity index (χ0n) is 17.5. The summed E-state index contributed by atoms with van der Waals surface area (Å²) in [6, 6.07) is 10.2. The van der Waals surface area contributed by atoms with Crippen LogP contribution in [0.15, 0.2) is 35.7 Å². The number of carbonyl (C=O) groups is 1. The summed E-state index contributed by atoms with van der Waals surface area (Å²) in [6.45, 7) is 6.48. The second kappa shape index (κ2) is 9.11. The van der Waals surface area contributed by atoms with Crippen LogP contribution >= 0.6 is 22.9 Å². The topological polar surface area (TPSA) is 50.2 Å². The molecule has 1 unspecified atom stereocenters. The average Bonchev–Trinajstić information content (AvgIpc) is 3.28. The van der Waals surface area contributed by atoms with Gasteiger partial charge in [0, 0.05) is 27.7 Å². The lowest BCUT2D eigenvalue weighted by molar-refractivity contribution is -0.120. The van der Waals surface area contributed by atoms with E-state index in [4.69, 9.17) is 11.6 Å². The number of halogens is 1. The first kappa shape index (κ1) is 21.6. The largest absolute Gasteiger partial charge is 0.354 e. The maximum absolute atomic E-state index is 12.7. The van der Waals surface area contributed by atoms with Gasteiger partial charge in [-0.2, -0.15) is 5.10 Å². The van der Waals surface area contributed by atoms with Gasteiger partial charge in [-0.3, -0.25) is 4.79 Å². The fraction of sp³-hybridized carbons (Fsp3) is 0.364. The number of aromatic nitrogens is 2. The van der Waals surface area contributed by atoms with Gasteiger partial charge in [-0.1, -0.05) is 23.7 Å². The number of hydrogen-bond acceptors (Lipinski definition) is 4. The Morgan fingerprint density at radius 1 is 1.28 bits per heavy atom. The van der Waals surface area contributed by atoms with E-state index in [9.17, 15) is 4.79 Å². The smallest absolute Gasteiger partial charge is 0.224 e. The lowest BCUT2D eigenvalue weighted by Gasteiger charge is -2.23. The first-order valence-electron chi connectivity index (χ1n) is 9.56. The van der Waals surface area contributed by atoms with Crippen LogP contribution in [0, 0.1) is 20.8 Å². The fourth-order valence-electron chi connectivity index (χ4n) is 3.35. The molecule has 0 saturated heterocycles. The zero-order valence-corrected chi connectivity index (χ0v) is 19.1. The predicted molar refractivity (Wildman–Crippen MR) is 120 cm³/mol. The second-order valence-corrected chi connectivity index (χ2v) is 8.86. The molecule has 5 nitrogen and oxygen atoms in total. The van der Waals surface area contributed by atoms with Gasteiger partial charge < -0.3 is 10.2 Å². The van der Waals surface area contributed by atoms with Gasteiger partial charge in [-0.15, -0.1) is 11.3 Å². The van der Waals surface area contributed by atoms with Gasteiger partial charge in [0.05, 0.1) is 23.8 Å². The van der Waals surface area contributed by atoms with Crippen LogP contribution < -0.4 is 5.32 Å². The third kappa shape index (κ3) is 4.89. The summed E-state index contributed by atoms with van der Waals surface area (Å²) in [6.07, 6.45) is 0.307. The third-order valence-electron chi connectivity index (χ3n) is 5.17. The van der Waals surface area contributed by atoms with Crippen LogP contribution in [0.5, 0.6) is 0 Å². The maximum Gasteiger partial charge on any atom is 0.224 e. The van der Waals surface area contributed by atoms with Crippen molar-refractivity contribution in [3.63, 3.8) is 0 Å². The molecule has 2 heterocycles. The molecule has 0 aliphatic carbocycles. The van der Waals surface area contributed by atoms with Crippen molar-refractivity contribution < 1.29 is 4.79 Å². The van der Waals surface area contributed by atoms with Gasteiger partial charge in [-0.25, -0.2) is 4.68 Å². The van der Waals surface area contributed by atoms with Crippen molar-refractivity contribution in [3.05, 3.63) is 68.1 Å². The molecule has 3 rings (SSSR count). The maximum atomic E-state index is 12.7. The standard InChI is InChI=1S/C22H27ClN4OS/c1-14-8-9-17(11-19(14)23)27-16(3)18(15(2)25-27)12-22(28)24-13-20(26(4)5)21-7-6-10-29-21/h6-11,20H,12-13H2,1-5H3,(H,24,28). The first-order valence-corrected chi connectivity index (χ1v) is 10.8. The van der Waals surface area contributed by atoms with Crippen molar-refractivity contribution >= 4 is 28.8 Å². The summed E-state index contributed by atoms with van der Waals surface area (Å²) < 4.78 is 1.86. The van der Waals surface area contributed by atoms with Crippen LogP contribution in [0.3, 0.4) is 0 Å². The minimum Gasteiger partial charge on any atom is -0.354 e. The molecule has 1 N–H and O–H groups in total. The van der Waals surface area contributed by atoms with E-state index >= 15 is 0 Å². The van der Waals surface area contributed by atoms with Crippen molar-refractivity contribution in [2.24, 2.45) is 0 Å². The van der Waals surface area contributed by atoms with Crippen molar-refractivity contribution in [1.82, 2.24) is 20.0 Å². The molecular formula is C22H27ClN4OS. The number of likely N-dealkylation sites (N-methyl/N-ethyl adjacent to an activating group) is 1. The Labute approximate surface area is 181 Å². The Balaban J connectivity index is 1.72. The molecule has 1 atom stereocenters. The summed E-state index contributed by atoms with van der Waals surface area (Å²) in [5.74, 6) is 0.00101. The summed E-state index contributed by atoms with van der Waals surface area (Å²) >= 11 is 7.98. The summed E-state index contributed by atoms with van der Waals surface area (Å²) in [5.41, 5.74) is 4.70. The van der Waals surface area contributed by atoms with Gasteiger partial charge in [0.1, 0.15) is 0 Å². The third-order valence-corrected chi connectivity index (χ3v) is 6.55. The molecule has 2 aromatic heterocycles. The Kier molecular flexibility index (Phi) is 6.77. The molecule has 3 aromatic rings. The van der Waals surface area contributed by atoms with E-state index in [1.165, 1.54) is 4.88 Å². The number of benzene rings is 1. The van der Waals surface area contributed by atoms with Crippen molar-refractivity contribution in [2.75, 3.05) is 20.6 Å². The number of aryl methyl sites for hydroxylation is 2. The molecule has 1 aromatic carbocycles. The van der Waals surface area contributed by atoms with Crippen LogP contribution in [-0.4, -0.2) is 41.2 Å². The summed E-state index contributed by atoms with van der Waals surface area (Å²) in [7, 11) is 4.06. The van der Waals surface area contributed by atoms with E-state index in [0.717, 1.165) is 28.2 Å². The van der Waals surface area contributed by atoms with E-state index in [0.29, 0.717) is 18.0 Å². The van der Waals surface area contributed by atoms with Crippen LogP contribution in [0.25, 0.3) is 5.69 Å². The molecule has 0 bridgehead atoms. The average molecular weight is 431 g/mol. The number of rotatable bonds is 7. The SMILES string of the molecule is Cc1ccc(-n2nc(C)c(CC(=O)NCC(c3cccs3)N(C)C)c2C)cc1Cl. The highest BCUT2D eigenvalue weighted by atomic mass is 35.5. The lowest BCUT2D eigenvalue weighted by atomic mass is 10.1. The van der Waals surface area contributed by atoms with Crippen LogP contribution in [0.1, 0.15) is 33.4 Å². The predicted octanol–water partition coefficient (Wildman–Crippen LogP) is 4.47. The molecule has 0 aliphatic heterocycles. The van der Waals surface area contributed by atoms with Gasteiger partial charge in [0.2, 0.25) is 5.91 Å². The molecule has 0 saturated carbocycles. The van der Waals surface area contributed by atoms with Gasteiger partial charge in [0.25, 0.3) is 0 Å². The van der Waals surface area contributed by atoms with Gasteiger partial charge in [0.15, 0.2) is 0 Å². The normalized spacial score (nSPS) is 12.4. The Bertz CT molecular complexity index is 995. The number of hydrogen-bond donors (Lipinski definition) is 1. The Hall–Kier alpha value is -2.15. The van der Waals surface area contributed by atoms with Crippen LogP contribution in [0.2, 0.25) is 5.02 Å². The molecule has 154 valence electrons. The van der Waals surface area contributed by atoms with E-state index in [1.807, 2.05) is 63.8 Å². The number of amides is 1. The quantitative estimate of drug-likeness (QED) is 0.601. The van der Waals surface area contributed by atoms with Crippen molar-refractivity contribution in [1.29, 1.82) is 0 Å². The van der Waals surface area contributed by atoms with Crippen LogP contribution in [-0.2, 0) is 11.2 Å². The Morgan fingerprint density at radius 3 is 2.66 bits per heavy atom. The molecule has 0 radical (unpaired) electrons. The molecule has 29 heavy (non-hydrogen) atoms. The van der Waals surface area contributed by atoms with Gasteiger partial charge in [-0.05, 0) is 64.0 Å². The molecule has 0 aliphatic rings. The molecule has 7 heteroatoms. The number of thiophene rings is 1. The molecule has 0 fully saturated rings. The van der Waals surface area contributed by atoms with E-state index < -0.39 is 0 Å². The highest BCUT2D eigenvalue weighted by Crippen LogP contribution is 2.24. The number of carbonyl (C=O) groups excluding carboxylic acids is 1. The van der Waals surface area contributed by atoms with Crippen LogP contribution in [0.4, 0.5) is 0 Å².